The number of sulfone groups is 1. The molecule has 4 rings (SSSR count). The predicted molar refractivity (Wildman–Crippen MR) is 135 cm³/mol. The maximum Gasteiger partial charge on any atom is 0.261 e. The second kappa shape index (κ2) is 11.3. The number of rotatable bonds is 8. The monoisotopic (exact) mass is 520 g/mol. The minimum atomic E-state index is -3.29. The van der Waals surface area contributed by atoms with Crippen LogP contribution in [0.15, 0.2) is 40.6 Å². The van der Waals surface area contributed by atoms with Crippen LogP contribution >= 0.6 is 11.3 Å². The highest BCUT2D eigenvalue weighted by Gasteiger charge is 2.28. The van der Waals surface area contributed by atoms with Gasteiger partial charge in [-0.3, -0.25) is 9.59 Å². The van der Waals surface area contributed by atoms with Gasteiger partial charge in [-0.1, -0.05) is 0 Å². The molecule has 6 nitrogen and oxygen atoms in total. The average molecular weight is 521 g/mol. The number of halogens is 1. The molecule has 2 aliphatic rings. The number of nitrogens with one attached hydrogen (secondary N) is 1. The zero-order chi connectivity index (χ0) is 25.0. The van der Waals surface area contributed by atoms with Gasteiger partial charge in [-0.2, -0.15) is 0 Å². The number of likely N-dealkylation sites (tertiary alicyclic amines) is 1. The van der Waals surface area contributed by atoms with E-state index in [2.05, 4.69) is 10.2 Å². The number of carbonyl (C=O) groups excluding carboxylic acids is 2. The van der Waals surface area contributed by atoms with Crippen LogP contribution < -0.4 is 5.32 Å². The van der Waals surface area contributed by atoms with Crippen molar-refractivity contribution in [2.75, 3.05) is 25.9 Å². The smallest absolute Gasteiger partial charge is 0.261 e. The number of nitrogens with zero attached hydrogens (tertiary/aromatic N) is 1. The van der Waals surface area contributed by atoms with Gasteiger partial charge in [-0.25, -0.2) is 12.8 Å². The standard InChI is InChI=1S/C26H33FN2O4S2/c1-35(32,33)24-11-10-23(34-24)26(31)28-22-8-2-18(3-9-22)12-15-29-16-13-20(14-17-29)25(30)19-4-6-21(27)7-5-19/h4-7,10-11,18,20,22H,2-3,8-9,12-17H2,1H3,(H,28,31). The largest absolute Gasteiger partial charge is 0.349 e. The maximum absolute atomic E-state index is 13.1. The summed E-state index contributed by atoms with van der Waals surface area (Å²) in [5.74, 6) is 0.276. The Morgan fingerprint density at radius 1 is 1.00 bits per heavy atom. The number of thiophene rings is 1. The molecule has 1 aromatic heterocycles. The highest BCUT2D eigenvalue weighted by molar-refractivity contribution is 7.92. The molecular weight excluding hydrogens is 487 g/mol. The minimum absolute atomic E-state index is 0.0209. The Morgan fingerprint density at radius 3 is 2.26 bits per heavy atom. The second-order valence-electron chi connectivity index (χ2n) is 9.86. The van der Waals surface area contributed by atoms with E-state index in [0.717, 1.165) is 82.2 Å². The van der Waals surface area contributed by atoms with E-state index in [1.54, 1.807) is 18.2 Å². The Hall–Kier alpha value is -2.10. The third-order valence-corrected chi connectivity index (χ3v) is 10.2. The van der Waals surface area contributed by atoms with Crippen LogP contribution in [-0.4, -0.2) is 56.9 Å². The fourth-order valence-electron chi connectivity index (χ4n) is 5.13. The average Bonchev–Trinajstić information content (AvgIpc) is 3.35. The van der Waals surface area contributed by atoms with Crippen LogP contribution in [0, 0.1) is 17.7 Å². The molecule has 1 amide bonds. The summed E-state index contributed by atoms with van der Waals surface area (Å²) >= 11 is 1.02. The molecule has 9 heteroatoms. The van der Waals surface area contributed by atoms with Crippen molar-refractivity contribution in [3.05, 3.63) is 52.7 Å². The van der Waals surface area contributed by atoms with Gasteiger partial charge < -0.3 is 10.2 Å². The van der Waals surface area contributed by atoms with Crippen molar-refractivity contribution < 1.29 is 22.4 Å². The highest BCUT2D eigenvalue weighted by Crippen LogP contribution is 2.29. The van der Waals surface area contributed by atoms with Gasteiger partial charge in [0.05, 0.1) is 4.88 Å². The van der Waals surface area contributed by atoms with Crippen LogP contribution in [-0.2, 0) is 9.84 Å². The number of carbonyl (C=O) groups is 2. The van der Waals surface area contributed by atoms with Gasteiger partial charge >= 0.3 is 0 Å². The van der Waals surface area contributed by atoms with Gasteiger partial charge in [0.25, 0.3) is 5.91 Å². The van der Waals surface area contributed by atoms with Gasteiger partial charge in [-0.15, -0.1) is 11.3 Å². The molecule has 1 aromatic carbocycles. The molecule has 1 N–H and O–H groups in total. The third kappa shape index (κ3) is 6.98. The molecule has 0 atom stereocenters. The number of piperidine rings is 1. The predicted octanol–water partition coefficient (Wildman–Crippen LogP) is 4.56. The van der Waals surface area contributed by atoms with Crippen LogP contribution in [0.4, 0.5) is 4.39 Å². The minimum Gasteiger partial charge on any atom is -0.349 e. The van der Waals surface area contributed by atoms with Crippen molar-refractivity contribution in [1.82, 2.24) is 10.2 Å². The van der Waals surface area contributed by atoms with Gasteiger partial charge in [-0.05, 0) is 107 Å². The first kappa shape index (κ1) is 26.0. The summed E-state index contributed by atoms with van der Waals surface area (Å²) in [6, 6.07) is 9.06. The second-order valence-corrected chi connectivity index (χ2v) is 13.2. The zero-order valence-corrected chi connectivity index (χ0v) is 21.7. The van der Waals surface area contributed by atoms with Crippen molar-refractivity contribution >= 4 is 32.9 Å². The molecule has 1 saturated heterocycles. The number of hydrogen-bond donors (Lipinski definition) is 1. The third-order valence-electron chi connectivity index (χ3n) is 7.29. The lowest BCUT2D eigenvalue weighted by molar-refractivity contribution is 0.0832. The van der Waals surface area contributed by atoms with E-state index < -0.39 is 9.84 Å². The molecule has 1 saturated carbocycles. The Kier molecular flexibility index (Phi) is 8.39. The molecule has 35 heavy (non-hydrogen) atoms. The number of ketones is 1. The van der Waals surface area contributed by atoms with Crippen molar-refractivity contribution in [3.63, 3.8) is 0 Å². The van der Waals surface area contributed by atoms with Crippen LogP contribution in [0.2, 0.25) is 0 Å². The number of hydrogen-bond acceptors (Lipinski definition) is 6. The summed E-state index contributed by atoms with van der Waals surface area (Å²) in [4.78, 5) is 28.1. The molecule has 1 aliphatic heterocycles. The number of benzene rings is 1. The fourth-order valence-corrected chi connectivity index (χ4v) is 6.96. The van der Waals surface area contributed by atoms with Gasteiger partial charge in [0.1, 0.15) is 10.0 Å². The Balaban J connectivity index is 1.14. The quantitative estimate of drug-likeness (QED) is 0.516. The van der Waals surface area contributed by atoms with Gasteiger partial charge in [0.2, 0.25) is 0 Å². The summed E-state index contributed by atoms with van der Waals surface area (Å²) in [5, 5.41) is 3.07. The topological polar surface area (TPSA) is 83.6 Å². The van der Waals surface area contributed by atoms with Crippen molar-refractivity contribution in [3.8, 4) is 0 Å². The SMILES string of the molecule is CS(=O)(=O)c1ccc(C(=O)NC2CCC(CCN3CCC(C(=O)c4ccc(F)cc4)CC3)CC2)s1. The first-order chi connectivity index (χ1) is 16.7. The van der Waals surface area contributed by atoms with Crippen LogP contribution in [0.1, 0.15) is 65.0 Å². The summed E-state index contributed by atoms with van der Waals surface area (Å²) in [7, 11) is -3.29. The number of amides is 1. The molecule has 0 unspecified atom stereocenters. The van der Waals surface area contributed by atoms with Crippen molar-refractivity contribution in [1.29, 1.82) is 0 Å². The zero-order valence-electron chi connectivity index (χ0n) is 20.0. The molecule has 190 valence electrons. The first-order valence-corrected chi connectivity index (χ1v) is 15.0. The van der Waals surface area contributed by atoms with Crippen LogP contribution in [0.25, 0.3) is 0 Å². The highest BCUT2D eigenvalue weighted by atomic mass is 32.2. The van der Waals surface area contributed by atoms with E-state index in [1.165, 1.54) is 18.2 Å². The van der Waals surface area contributed by atoms with E-state index in [9.17, 15) is 22.4 Å². The molecule has 2 heterocycles. The summed E-state index contributed by atoms with van der Waals surface area (Å²) in [5.41, 5.74) is 0.601. The van der Waals surface area contributed by atoms with E-state index in [4.69, 9.17) is 0 Å². The van der Waals surface area contributed by atoms with E-state index in [-0.39, 0.29) is 33.7 Å². The summed E-state index contributed by atoms with van der Waals surface area (Å²) < 4.78 is 36.6. The normalized spacial score (nSPS) is 22.1. The van der Waals surface area contributed by atoms with Crippen LogP contribution in [0.5, 0.6) is 0 Å². The summed E-state index contributed by atoms with van der Waals surface area (Å²) in [6.07, 6.45) is 7.99. The molecule has 0 bridgehead atoms. The molecule has 1 aliphatic carbocycles. The lowest BCUT2D eigenvalue weighted by Gasteiger charge is -2.34. The van der Waals surface area contributed by atoms with Crippen molar-refractivity contribution in [2.45, 2.75) is 55.2 Å². The molecule has 0 radical (unpaired) electrons. The number of Topliss-reactive ketones (excluding diaryl/α,β-unsaturated/α-hetero) is 1. The maximum atomic E-state index is 13.1. The van der Waals surface area contributed by atoms with E-state index in [1.807, 2.05) is 0 Å². The van der Waals surface area contributed by atoms with Gasteiger partial charge in [0, 0.05) is 23.8 Å². The Morgan fingerprint density at radius 2 is 1.66 bits per heavy atom. The Bertz CT molecular complexity index is 1130. The van der Waals surface area contributed by atoms with Crippen LogP contribution in [0.3, 0.4) is 0 Å². The molecule has 0 spiro atoms. The lowest BCUT2D eigenvalue weighted by Crippen LogP contribution is -2.39. The lowest BCUT2D eigenvalue weighted by atomic mass is 9.83. The van der Waals surface area contributed by atoms with E-state index in [0.29, 0.717) is 16.4 Å². The molecule has 2 fully saturated rings. The molecular formula is C26H33FN2O4S2. The molecule has 2 aromatic rings. The Labute approximate surface area is 210 Å². The van der Waals surface area contributed by atoms with Gasteiger partial charge in [0.15, 0.2) is 15.6 Å². The fraction of sp³-hybridized carbons (Fsp3) is 0.538. The van der Waals surface area contributed by atoms with Crippen molar-refractivity contribution in [2.24, 2.45) is 11.8 Å². The van der Waals surface area contributed by atoms with E-state index >= 15 is 0 Å². The summed E-state index contributed by atoms with van der Waals surface area (Å²) in [6.45, 7) is 2.86. The first-order valence-electron chi connectivity index (χ1n) is 12.3.